The fraction of sp³-hybridized carbons (Fsp3) is 0.625. The van der Waals surface area contributed by atoms with E-state index in [1.165, 1.54) is 32.1 Å². The van der Waals surface area contributed by atoms with Crippen molar-refractivity contribution in [2.75, 3.05) is 26.0 Å². The maximum absolute atomic E-state index is 5.74. The van der Waals surface area contributed by atoms with Gasteiger partial charge in [-0.1, -0.05) is 41.3 Å². The summed E-state index contributed by atoms with van der Waals surface area (Å²) in [5.41, 5.74) is 0. The van der Waals surface area contributed by atoms with E-state index in [1.54, 1.807) is 0 Å². The molecular formula is C16H24BrNOS. The van der Waals surface area contributed by atoms with Crippen LogP contribution in [0.5, 0.6) is 5.75 Å². The number of hydrogen-bond donors (Lipinski definition) is 1. The molecule has 0 radical (unpaired) electrons. The molecule has 1 N–H and O–H groups in total. The van der Waals surface area contributed by atoms with Gasteiger partial charge in [-0.15, -0.1) is 0 Å². The highest BCUT2D eigenvalue weighted by molar-refractivity contribution is 9.10. The van der Waals surface area contributed by atoms with Crippen LogP contribution in [0.25, 0.3) is 0 Å². The van der Waals surface area contributed by atoms with E-state index in [4.69, 9.17) is 4.74 Å². The van der Waals surface area contributed by atoms with E-state index in [2.05, 4.69) is 27.5 Å². The van der Waals surface area contributed by atoms with Crippen LogP contribution in [-0.2, 0) is 0 Å². The highest BCUT2D eigenvalue weighted by Gasteiger charge is 2.30. The van der Waals surface area contributed by atoms with Gasteiger partial charge in [0.2, 0.25) is 0 Å². The molecule has 0 saturated heterocycles. The number of nitrogens with one attached hydrogen (secondary N) is 1. The molecule has 1 aromatic rings. The van der Waals surface area contributed by atoms with E-state index in [0.717, 1.165) is 29.9 Å². The first-order valence-corrected chi connectivity index (χ1v) is 9.40. The van der Waals surface area contributed by atoms with Crippen molar-refractivity contribution in [3.8, 4) is 5.75 Å². The Kier molecular flexibility index (Phi) is 6.72. The first-order chi connectivity index (χ1) is 9.74. The second-order valence-corrected chi connectivity index (χ2v) is 7.62. The Morgan fingerprint density at radius 2 is 2.10 bits per heavy atom. The van der Waals surface area contributed by atoms with Gasteiger partial charge in [0.15, 0.2) is 0 Å². The number of benzene rings is 1. The van der Waals surface area contributed by atoms with Crippen LogP contribution in [0.4, 0.5) is 0 Å². The third-order valence-corrected chi connectivity index (χ3v) is 5.90. The minimum absolute atomic E-state index is 0.466. The molecule has 0 unspecified atom stereocenters. The second-order valence-electron chi connectivity index (χ2n) is 5.43. The van der Waals surface area contributed by atoms with E-state index in [0.29, 0.717) is 4.75 Å². The third-order valence-electron chi connectivity index (χ3n) is 3.99. The van der Waals surface area contributed by atoms with Gasteiger partial charge in [0.1, 0.15) is 12.4 Å². The van der Waals surface area contributed by atoms with E-state index in [-0.39, 0.29) is 0 Å². The van der Waals surface area contributed by atoms with Crippen molar-refractivity contribution in [1.82, 2.24) is 5.32 Å². The lowest BCUT2D eigenvalue weighted by atomic mass is 9.88. The second kappa shape index (κ2) is 8.30. The van der Waals surface area contributed by atoms with Crippen molar-refractivity contribution < 1.29 is 4.74 Å². The lowest BCUT2D eigenvalue weighted by molar-refractivity contribution is 0.303. The van der Waals surface area contributed by atoms with Gasteiger partial charge in [-0.2, -0.15) is 11.8 Å². The van der Waals surface area contributed by atoms with Crippen molar-refractivity contribution in [1.29, 1.82) is 0 Å². The molecule has 1 aromatic carbocycles. The van der Waals surface area contributed by atoms with Gasteiger partial charge in [-0.3, -0.25) is 0 Å². The van der Waals surface area contributed by atoms with Crippen molar-refractivity contribution in [3.63, 3.8) is 0 Å². The van der Waals surface area contributed by atoms with Crippen molar-refractivity contribution in [2.24, 2.45) is 0 Å². The number of thioether (sulfide) groups is 1. The van der Waals surface area contributed by atoms with E-state index >= 15 is 0 Å². The number of hydrogen-bond acceptors (Lipinski definition) is 3. The predicted molar refractivity (Wildman–Crippen MR) is 91.8 cm³/mol. The van der Waals surface area contributed by atoms with Crippen LogP contribution in [0.15, 0.2) is 28.7 Å². The molecular weight excluding hydrogens is 334 g/mol. The summed E-state index contributed by atoms with van der Waals surface area (Å²) in [4.78, 5) is 0. The van der Waals surface area contributed by atoms with Gasteiger partial charge < -0.3 is 10.1 Å². The van der Waals surface area contributed by atoms with Gasteiger partial charge >= 0.3 is 0 Å². The standard InChI is InChI=1S/C16H24BrNOS/c1-20-16(8-3-2-4-9-16)13-18-10-11-19-15-7-5-6-14(17)12-15/h5-7,12,18H,2-4,8-11,13H2,1H3. The average molecular weight is 358 g/mol. The minimum Gasteiger partial charge on any atom is -0.492 e. The molecule has 2 rings (SSSR count). The SMILES string of the molecule is CSC1(CNCCOc2cccc(Br)c2)CCCCC1. The molecule has 1 fully saturated rings. The Balaban J connectivity index is 1.66. The summed E-state index contributed by atoms with van der Waals surface area (Å²) < 4.78 is 7.27. The molecule has 0 atom stereocenters. The zero-order valence-electron chi connectivity index (χ0n) is 12.2. The Morgan fingerprint density at radius 3 is 2.80 bits per heavy atom. The van der Waals surface area contributed by atoms with Gasteiger partial charge in [0.05, 0.1) is 0 Å². The lowest BCUT2D eigenvalue weighted by Crippen LogP contribution is -2.40. The average Bonchev–Trinajstić information content (AvgIpc) is 2.48. The van der Waals surface area contributed by atoms with Crippen LogP contribution in [0.1, 0.15) is 32.1 Å². The van der Waals surface area contributed by atoms with Crippen LogP contribution >= 0.6 is 27.7 Å². The zero-order valence-corrected chi connectivity index (χ0v) is 14.6. The summed E-state index contributed by atoms with van der Waals surface area (Å²) in [6.07, 6.45) is 9.15. The maximum Gasteiger partial charge on any atom is 0.120 e. The van der Waals surface area contributed by atoms with Crippen LogP contribution in [0.3, 0.4) is 0 Å². The lowest BCUT2D eigenvalue weighted by Gasteiger charge is -2.36. The van der Waals surface area contributed by atoms with Crippen LogP contribution < -0.4 is 10.1 Å². The first kappa shape index (κ1) is 16.2. The molecule has 20 heavy (non-hydrogen) atoms. The fourth-order valence-corrected chi connectivity index (χ4v) is 4.08. The maximum atomic E-state index is 5.74. The Morgan fingerprint density at radius 1 is 1.30 bits per heavy atom. The highest BCUT2D eigenvalue weighted by atomic mass is 79.9. The normalized spacial score (nSPS) is 17.9. The summed E-state index contributed by atoms with van der Waals surface area (Å²) in [7, 11) is 0. The van der Waals surface area contributed by atoms with Crippen LogP contribution in [0, 0.1) is 0 Å². The molecule has 1 saturated carbocycles. The van der Waals surface area contributed by atoms with Crippen molar-refractivity contribution >= 4 is 27.7 Å². The Hall–Kier alpha value is -0.190. The molecule has 4 heteroatoms. The Labute approximate surface area is 135 Å². The summed E-state index contributed by atoms with van der Waals surface area (Å²) in [5, 5.41) is 3.57. The highest BCUT2D eigenvalue weighted by Crippen LogP contribution is 2.37. The summed E-state index contributed by atoms with van der Waals surface area (Å²) in [6, 6.07) is 8.01. The number of ether oxygens (including phenoxy) is 1. The third kappa shape index (κ3) is 4.97. The quantitative estimate of drug-likeness (QED) is 0.726. The fourth-order valence-electron chi connectivity index (χ4n) is 2.76. The zero-order chi connectivity index (χ0) is 14.3. The topological polar surface area (TPSA) is 21.3 Å². The molecule has 2 nitrogen and oxygen atoms in total. The monoisotopic (exact) mass is 357 g/mol. The molecule has 0 aliphatic heterocycles. The molecule has 0 bridgehead atoms. The Bertz CT molecular complexity index is 407. The molecule has 1 aliphatic carbocycles. The van der Waals surface area contributed by atoms with Crippen LogP contribution in [-0.4, -0.2) is 30.7 Å². The largest absolute Gasteiger partial charge is 0.492 e. The molecule has 112 valence electrons. The smallest absolute Gasteiger partial charge is 0.120 e. The summed E-state index contributed by atoms with van der Waals surface area (Å²) in [5.74, 6) is 0.929. The number of rotatable bonds is 7. The van der Waals surface area contributed by atoms with Gasteiger partial charge in [-0.25, -0.2) is 0 Å². The summed E-state index contributed by atoms with van der Waals surface area (Å²) >= 11 is 5.49. The molecule has 1 aliphatic rings. The minimum atomic E-state index is 0.466. The van der Waals surface area contributed by atoms with E-state index < -0.39 is 0 Å². The number of halogens is 1. The molecule has 0 amide bonds. The van der Waals surface area contributed by atoms with Gasteiger partial charge in [0.25, 0.3) is 0 Å². The first-order valence-electron chi connectivity index (χ1n) is 7.38. The van der Waals surface area contributed by atoms with Gasteiger partial charge in [-0.05, 0) is 37.3 Å². The van der Waals surface area contributed by atoms with Gasteiger partial charge in [0, 0.05) is 22.3 Å². The van der Waals surface area contributed by atoms with E-state index in [1.807, 2.05) is 36.0 Å². The molecule has 0 heterocycles. The van der Waals surface area contributed by atoms with Crippen molar-refractivity contribution in [2.45, 2.75) is 36.9 Å². The molecule has 0 spiro atoms. The summed E-state index contributed by atoms with van der Waals surface area (Å²) in [6.45, 7) is 2.74. The predicted octanol–water partition coefficient (Wildman–Crippen LogP) is 4.48. The van der Waals surface area contributed by atoms with Crippen molar-refractivity contribution in [3.05, 3.63) is 28.7 Å². The van der Waals surface area contributed by atoms with E-state index in [9.17, 15) is 0 Å². The van der Waals surface area contributed by atoms with Crippen LogP contribution in [0.2, 0.25) is 0 Å². The molecule has 0 aromatic heterocycles.